The van der Waals surface area contributed by atoms with E-state index in [9.17, 15) is 24.3 Å². The van der Waals surface area contributed by atoms with E-state index in [0.29, 0.717) is 11.1 Å². The number of phenols is 1. The van der Waals surface area contributed by atoms with Crippen molar-refractivity contribution < 1.29 is 29.0 Å². The molecule has 1 aromatic carbocycles. The SMILES string of the molecule is COc1cc(O)ccc1C1C2=CCC3C(=O)N(C(C)(C)C)C(=O)C3C2CC2(Cl)C(=O)N(CBr)C(=O)C12Cl. The number of benzene rings is 1. The first-order valence-corrected chi connectivity index (χ1v) is 13.9. The lowest BCUT2D eigenvalue weighted by Gasteiger charge is -2.51. The Balaban J connectivity index is 1.75. The number of fused-ring (bicyclic) bond motifs is 4. The van der Waals surface area contributed by atoms with Crippen LogP contribution in [0.4, 0.5) is 0 Å². The van der Waals surface area contributed by atoms with E-state index in [1.54, 1.807) is 26.8 Å². The first kappa shape index (κ1) is 26.5. The average molecular weight is 614 g/mol. The first-order chi connectivity index (χ1) is 17.2. The molecule has 0 bridgehead atoms. The van der Waals surface area contributed by atoms with Gasteiger partial charge < -0.3 is 9.84 Å². The Morgan fingerprint density at radius 1 is 1.11 bits per heavy atom. The third-order valence-corrected chi connectivity index (χ3v) is 10.1. The fraction of sp³-hybridized carbons (Fsp3) is 0.538. The van der Waals surface area contributed by atoms with Gasteiger partial charge in [-0.2, -0.15) is 0 Å². The summed E-state index contributed by atoms with van der Waals surface area (Å²) in [6, 6.07) is 4.43. The maximum absolute atomic E-state index is 13.8. The Morgan fingerprint density at radius 3 is 2.38 bits per heavy atom. The number of hydrogen-bond donors (Lipinski definition) is 1. The molecule has 1 N–H and O–H groups in total. The number of alkyl halides is 3. The molecular weight excluding hydrogens is 587 g/mol. The minimum atomic E-state index is -1.92. The van der Waals surface area contributed by atoms with Crippen LogP contribution in [0, 0.1) is 17.8 Å². The lowest BCUT2D eigenvalue weighted by Crippen LogP contribution is -2.60. The maximum atomic E-state index is 13.8. The fourth-order valence-electron chi connectivity index (χ4n) is 6.70. The molecule has 4 amide bonds. The van der Waals surface area contributed by atoms with Crippen molar-refractivity contribution in [1.82, 2.24) is 9.80 Å². The number of hydrogen-bond acceptors (Lipinski definition) is 6. The van der Waals surface area contributed by atoms with Crippen molar-refractivity contribution in [3.63, 3.8) is 0 Å². The smallest absolute Gasteiger partial charge is 0.254 e. The Kier molecular flexibility index (Phi) is 6.05. The molecule has 5 rings (SSSR count). The number of aromatic hydroxyl groups is 1. The minimum absolute atomic E-state index is 0.0558. The van der Waals surface area contributed by atoms with E-state index < -0.39 is 50.8 Å². The van der Waals surface area contributed by atoms with Gasteiger partial charge in [-0.3, -0.25) is 29.0 Å². The first-order valence-electron chi connectivity index (χ1n) is 12.0. The Hall–Kier alpha value is -2.10. The summed E-state index contributed by atoms with van der Waals surface area (Å²) in [5, 5.41) is 10.1. The highest BCUT2D eigenvalue weighted by Crippen LogP contribution is 2.66. The van der Waals surface area contributed by atoms with Crippen LogP contribution in [0.5, 0.6) is 11.5 Å². The molecule has 1 saturated carbocycles. The Morgan fingerprint density at radius 2 is 1.78 bits per heavy atom. The van der Waals surface area contributed by atoms with Gasteiger partial charge in [0, 0.05) is 23.1 Å². The van der Waals surface area contributed by atoms with Gasteiger partial charge in [-0.25, -0.2) is 0 Å². The van der Waals surface area contributed by atoms with Gasteiger partial charge in [0.15, 0.2) is 9.75 Å². The number of phenolic OH excluding ortho intramolecular Hbond substituents is 1. The highest BCUT2D eigenvalue weighted by atomic mass is 79.9. The van der Waals surface area contributed by atoms with Crippen LogP contribution < -0.4 is 4.74 Å². The number of methoxy groups -OCH3 is 1. The number of ether oxygens (including phenoxy) is 1. The lowest BCUT2D eigenvalue weighted by molar-refractivity contribution is -0.146. The van der Waals surface area contributed by atoms with Crippen molar-refractivity contribution in [2.75, 3.05) is 12.6 Å². The van der Waals surface area contributed by atoms with Crippen LogP contribution in [0.1, 0.15) is 45.1 Å². The number of allylic oxidation sites excluding steroid dienone is 2. The molecule has 2 aliphatic heterocycles. The van der Waals surface area contributed by atoms with Crippen LogP contribution in [0.15, 0.2) is 29.8 Å². The van der Waals surface area contributed by atoms with Crippen LogP contribution in [0.2, 0.25) is 0 Å². The quantitative estimate of drug-likeness (QED) is 0.240. The van der Waals surface area contributed by atoms with Crippen LogP contribution in [0.3, 0.4) is 0 Å². The lowest BCUT2D eigenvalue weighted by atomic mass is 9.56. The molecule has 37 heavy (non-hydrogen) atoms. The van der Waals surface area contributed by atoms with Crippen molar-refractivity contribution >= 4 is 62.8 Å². The van der Waals surface area contributed by atoms with Gasteiger partial charge in [-0.1, -0.05) is 33.6 Å². The van der Waals surface area contributed by atoms with Crippen molar-refractivity contribution in [3.8, 4) is 11.5 Å². The van der Waals surface area contributed by atoms with E-state index in [1.807, 2.05) is 6.08 Å². The topological polar surface area (TPSA) is 104 Å². The zero-order valence-corrected chi connectivity index (χ0v) is 23.9. The number of halogens is 3. The number of rotatable bonds is 3. The largest absolute Gasteiger partial charge is 0.508 e. The second kappa shape index (κ2) is 8.45. The third kappa shape index (κ3) is 3.32. The molecule has 4 aliphatic rings. The standard InChI is InChI=1S/C26H27BrCl2N2O6/c1-24(2,3)31-20(33)15-8-7-13-16(18(15)21(31)34)10-25(28)22(35)30(11-27)23(36)26(25,29)19(13)14-6-5-12(32)9-17(14)37-4/h5-7,9,15-16,18-19,32H,8,10-11H2,1-4H3. The molecule has 198 valence electrons. The Labute approximate surface area is 233 Å². The van der Waals surface area contributed by atoms with Crippen LogP contribution in [-0.4, -0.2) is 66.4 Å². The van der Waals surface area contributed by atoms with E-state index >= 15 is 0 Å². The summed E-state index contributed by atoms with van der Waals surface area (Å²) in [4.78, 5) is 53.1. The molecule has 0 spiro atoms. The maximum Gasteiger partial charge on any atom is 0.254 e. The molecule has 2 heterocycles. The van der Waals surface area contributed by atoms with E-state index in [-0.39, 0.29) is 41.6 Å². The highest BCUT2D eigenvalue weighted by molar-refractivity contribution is 9.09. The molecule has 0 radical (unpaired) electrons. The van der Waals surface area contributed by atoms with E-state index in [1.165, 1.54) is 24.1 Å². The van der Waals surface area contributed by atoms with Crippen molar-refractivity contribution in [2.45, 2.75) is 54.8 Å². The van der Waals surface area contributed by atoms with Crippen molar-refractivity contribution in [1.29, 1.82) is 0 Å². The molecule has 6 atom stereocenters. The Bertz CT molecular complexity index is 1280. The molecule has 3 fully saturated rings. The van der Waals surface area contributed by atoms with Gasteiger partial charge in [0.25, 0.3) is 11.8 Å². The van der Waals surface area contributed by atoms with Gasteiger partial charge in [-0.15, -0.1) is 23.2 Å². The summed E-state index contributed by atoms with van der Waals surface area (Å²) in [5.41, 5.74) is 0.307. The number of imide groups is 2. The number of carbonyl (C=O) groups is 4. The van der Waals surface area contributed by atoms with Gasteiger partial charge in [0.2, 0.25) is 11.8 Å². The van der Waals surface area contributed by atoms with Crippen molar-refractivity contribution in [2.24, 2.45) is 17.8 Å². The third-order valence-electron chi connectivity index (χ3n) is 8.21. The molecule has 2 aliphatic carbocycles. The van der Waals surface area contributed by atoms with Gasteiger partial charge >= 0.3 is 0 Å². The highest BCUT2D eigenvalue weighted by Gasteiger charge is 2.76. The summed E-state index contributed by atoms with van der Waals surface area (Å²) >= 11 is 17.6. The monoisotopic (exact) mass is 612 g/mol. The summed E-state index contributed by atoms with van der Waals surface area (Å²) in [7, 11) is 1.42. The molecule has 1 aromatic rings. The summed E-state index contributed by atoms with van der Waals surface area (Å²) in [6.07, 6.45) is 2.08. The second-order valence-corrected chi connectivity index (χ2v) is 12.8. The van der Waals surface area contributed by atoms with Gasteiger partial charge in [0.1, 0.15) is 11.5 Å². The zero-order valence-electron chi connectivity index (χ0n) is 20.8. The summed E-state index contributed by atoms with van der Waals surface area (Å²) in [6.45, 7) is 5.41. The van der Waals surface area contributed by atoms with Crippen LogP contribution in [-0.2, 0) is 19.2 Å². The van der Waals surface area contributed by atoms with Gasteiger partial charge in [-0.05, 0) is 45.6 Å². The van der Waals surface area contributed by atoms with E-state index in [0.717, 1.165) is 4.90 Å². The van der Waals surface area contributed by atoms with E-state index in [2.05, 4.69) is 15.9 Å². The number of nitrogens with zero attached hydrogens (tertiary/aromatic N) is 2. The minimum Gasteiger partial charge on any atom is -0.508 e. The number of likely N-dealkylation sites (tertiary alicyclic amines) is 2. The molecular formula is C26H27BrCl2N2O6. The molecule has 6 unspecified atom stereocenters. The van der Waals surface area contributed by atoms with E-state index in [4.69, 9.17) is 27.9 Å². The zero-order chi connectivity index (χ0) is 27.2. The molecule has 11 heteroatoms. The molecule has 0 aromatic heterocycles. The fourth-order valence-corrected chi connectivity index (χ4v) is 8.12. The predicted molar refractivity (Wildman–Crippen MR) is 140 cm³/mol. The average Bonchev–Trinajstić information content (AvgIpc) is 3.17. The molecule has 8 nitrogen and oxygen atoms in total. The summed E-state index contributed by atoms with van der Waals surface area (Å²) in [5.74, 6) is -4.56. The van der Waals surface area contributed by atoms with Crippen LogP contribution >= 0.6 is 39.1 Å². The summed E-state index contributed by atoms with van der Waals surface area (Å²) < 4.78 is 5.55. The number of amides is 4. The van der Waals surface area contributed by atoms with Gasteiger partial charge in [0.05, 0.1) is 24.4 Å². The van der Waals surface area contributed by atoms with Crippen molar-refractivity contribution in [3.05, 3.63) is 35.4 Å². The predicted octanol–water partition coefficient (Wildman–Crippen LogP) is 3.91. The number of carbonyl (C=O) groups excluding carboxylic acids is 4. The van der Waals surface area contributed by atoms with Crippen LogP contribution in [0.25, 0.3) is 0 Å². The normalized spacial score (nSPS) is 35.4. The molecule has 2 saturated heterocycles. The second-order valence-electron chi connectivity index (χ2n) is 11.1.